The fourth-order valence-corrected chi connectivity index (χ4v) is 1.54. The predicted octanol–water partition coefficient (Wildman–Crippen LogP) is 2.94. The van der Waals surface area contributed by atoms with Crippen LogP contribution in [0.1, 0.15) is 5.56 Å². The highest BCUT2D eigenvalue weighted by molar-refractivity contribution is 9.10. The minimum Gasteiger partial charge on any atom is -0.383 e. The first-order valence-corrected chi connectivity index (χ1v) is 5.42. The number of rotatable bonds is 1. The van der Waals surface area contributed by atoms with Crippen LogP contribution >= 0.6 is 15.9 Å². The van der Waals surface area contributed by atoms with Crippen molar-refractivity contribution >= 4 is 21.7 Å². The van der Waals surface area contributed by atoms with Gasteiger partial charge in [0.05, 0.1) is 4.47 Å². The van der Waals surface area contributed by atoms with Crippen LogP contribution in [0.2, 0.25) is 0 Å². The van der Waals surface area contributed by atoms with Crippen molar-refractivity contribution in [3.63, 3.8) is 0 Å². The summed E-state index contributed by atoms with van der Waals surface area (Å²) in [5.74, 6) is 0.456. The molecule has 0 fully saturated rings. The smallest absolute Gasteiger partial charge is 0.161 e. The summed E-state index contributed by atoms with van der Waals surface area (Å²) >= 11 is 3.21. The lowest BCUT2D eigenvalue weighted by molar-refractivity contribution is 0.627. The Bertz CT molecular complexity index is 543. The molecule has 1 aromatic heterocycles. The van der Waals surface area contributed by atoms with E-state index in [0.29, 0.717) is 21.7 Å². The lowest BCUT2D eigenvalue weighted by Crippen LogP contribution is -1.98. The van der Waals surface area contributed by atoms with E-state index in [1.807, 2.05) is 6.92 Å². The molecular weight excluding hydrogens is 273 g/mol. The average Bonchev–Trinajstić information content (AvgIpc) is 2.26. The molecule has 16 heavy (non-hydrogen) atoms. The van der Waals surface area contributed by atoms with Crippen molar-refractivity contribution in [3.05, 3.63) is 40.2 Å². The number of benzene rings is 1. The molecule has 0 saturated heterocycles. The Morgan fingerprint density at radius 2 is 2.12 bits per heavy atom. The van der Waals surface area contributed by atoms with Crippen LogP contribution in [0.5, 0.6) is 0 Å². The van der Waals surface area contributed by atoms with Crippen LogP contribution in [0.15, 0.2) is 28.9 Å². The summed E-state index contributed by atoms with van der Waals surface area (Å²) in [5, 5.41) is 0. The maximum Gasteiger partial charge on any atom is 0.161 e. The summed E-state index contributed by atoms with van der Waals surface area (Å²) in [6.45, 7) is 1.87. The third-order valence-corrected chi connectivity index (χ3v) is 2.82. The van der Waals surface area contributed by atoms with Crippen LogP contribution in [0, 0.1) is 12.7 Å². The molecule has 82 valence electrons. The molecule has 0 aliphatic heterocycles. The number of aromatic nitrogens is 2. The van der Waals surface area contributed by atoms with Gasteiger partial charge in [-0.2, -0.15) is 0 Å². The number of anilines is 1. The van der Waals surface area contributed by atoms with E-state index in [4.69, 9.17) is 5.73 Å². The van der Waals surface area contributed by atoms with Gasteiger partial charge in [-0.05, 0) is 40.5 Å². The first-order valence-electron chi connectivity index (χ1n) is 4.62. The van der Waals surface area contributed by atoms with Crippen molar-refractivity contribution in [1.29, 1.82) is 0 Å². The minimum atomic E-state index is -0.314. The van der Waals surface area contributed by atoms with Gasteiger partial charge in [0.1, 0.15) is 11.6 Å². The molecule has 5 heteroatoms. The van der Waals surface area contributed by atoms with Gasteiger partial charge in [-0.25, -0.2) is 14.4 Å². The number of nitrogens with two attached hydrogens (primary N) is 1. The van der Waals surface area contributed by atoms with Crippen molar-refractivity contribution < 1.29 is 4.39 Å². The topological polar surface area (TPSA) is 51.8 Å². The monoisotopic (exact) mass is 281 g/mol. The molecule has 3 nitrogen and oxygen atoms in total. The van der Waals surface area contributed by atoms with Crippen molar-refractivity contribution in [2.45, 2.75) is 6.92 Å². The second-order valence-corrected chi connectivity index (χ2v) is 4.24. The molecule has 1 aromatic carbocycles. The molecule has 0 unspecified atom stereocenters. The van der Waals surface area contributed by atoms with Gasteiger partial charge in [-0.15, -0.1) is 0 Å². The lowest BCUT2D eigenvalue weighted by atomic mass is 10.1. The van der Waals surface area contributed by atoms with Gasteiger partial charge in [0.15, 0.2) is 5.82 Å². The zero-order valence-electron chi connectivity index (χ0n) is 8.54. The molecule has 0 spiro atoms. The number of hydrogen-bond acceptors (Lipinski definition) is 3. The Morgan fingerprint density at radius 1 is 1.38 bits per heavy atom. The Balaban J connectivity index is 2.58. The molecule has 0 atom stereocenters. The van der Waals surface area contributed by atoms with E-state index in [1.54, 1.807) is 12.3 Å². The SMILES string of the molecule is Cc1ccc(F)cc1-c1ncc(Br)c(N)n1. The van der Waals surface area contributed by atoms with E-state index in [9.17, 15) is 4.39 Å². The van der Waals surface area contributed by atoms with E-state index in [0.717, 1.165) is 5.56 Å². The second kappa shape index (κ2) is 4.17. The van der Waals surface area contributed by atoms with E-state index in [2.05, 4.69) is 25.9 Å². The second-order valence-electron chi connectivity index (χ2n) is 3.39. The number of aryl methyl sites for hydroxylation is 1. The summed E-state index contributed by atoms with van der Waals surface area (Å²) in [7, 11) is 0. The van der Waals surface area contributed by atoms with Crippen LogP contribution in [-0.4, -0.2) is 9.97 Å². The molecule has 0 aliphatic rings. The third kappa shape index (κ3) is 2.04. The zero-order valence-corrected chi connectivity index (χ0v) is 10.1. The van der Waals surface area contributed by atoms with Gasteiger partial charge >= 0.3 is 0 Å². The largest absolute Gasteiger partial charge is 0.383 e. The molecule has 0 radical (unpaired) electrons. The quantitative estimate of drug-likeness (QED) is 0.874. The van der Waals surface area contributed by atoms with Crippen LogP contribution in [0.4, 0.5) is 10.2 Å². The Hall–Kier alpha value is -1.49. The van der Waals surface area contributed by atoms with Gasteiger partial charge in [0.25, 0.3) is 0 Å². The Kier molecular flexibility index (Phi) is 2.87. The first kappa shape index (κ1) is 11.0. The fraction of sp³-hybridized carbons (Fsp3) is 0.0909. The highest BCUT2D eigenvalue weighted by atomic mass is 79.9. The van der Waals surface area contributed by atoms with Crippen molar-refractivity contribution in [2.24, 2.45) is 0 Å². The normalized spacial score (nSPS) is 10.4. The number of nitrogen functional groups attached to an aromatic ring is 1. The molecule has 2 N–H and O–H groups in total. The highest BCUT2D eigenvalue weighted by Gasteiger charge is 2.08. The Morgan fingerprint density at radius 3 is 2.81 bits per heavy atom. The molecule has 2 aromatic rings. The van der Waals surface area contributed by atoms with Gasteiger partial charge < -0.3 is 5.73 Å². The molecule has 1 heterocycles. The van der Waals surface area contributed by atoms with Gasteiger partial charge in [0.2, 0.25) is 0 Å². The number of nitrogens with zero attached hydrogens (tertiary/aromatic N) is 2. The Labute approximate surface area is 101 Å². The summed E-state index contributed by atoms with van der Waals surface area (Å²) in [6, 6.07) is 4.49. The number of hydrogen-bond donors (Lipinski definition) is 1. The maximum absolute atomic E-state index is 13.1. The first-order chi connectivity index (χ1) is 7.58. The average molecular weight is 282 g/mol. The van der Waals surface area contributed by atoms with E-state index in [1.165, 1.54) is 12.1 Å². The van der Waals surface area contributed by atoms with Crippen molar-refractivity contribution in [2.75, 3.05) is 5.73 Å². The van der Waals surface area contributed by atoms with Gasteiger partial charge in [-0.1, -0.05) is 6.07 Å². The summed E-state index contributed by atoms with van der Waals surface area (Å²) < 4.78 is 13.7. The lowest BCUT2D eigenvalue weighted by Gasteiger charge is -2.05. The van der Waals surface area contributed by atoms with Crippen LogP contribution in [-0.2, 0) is 0 Å². The maximum atomic E-state index is 13.1. The molecular formula is C11H9BrFN3. The van der Waals surface area contributed by atoms with Gasteiger partial charge in [-0.3, -0.25) is 0 Å². The van der Waals surface area contributed by atoms with Crippen LogP contribution in [0.3, 0.4) is 0 Å². The minimum absolute atomic E-state index is 0.314. The van der Waals surface area contributed by atoms with E-state index < -0.39 is 0 Å². The van der Waals surface area contributed by atoms with Crippen LogP contribution < -0.4 is 5.73 Å². The standard InChI is InChI=1S/C11H9BrFN3/c1-6-2-3-7(13)4-8(6)11-15-5-9(12)10(14)16-11/h2-5H,1H3,(H2,14,15,16). The fourth-order valence-electron chi connectivity index (χ4n) is 1.35. The zero-order chi connectivity index (χ0) is 11.7. The summed E-state index contributed by atoms with van der Waals surface area (Å²) in [5.41, 5.74) is 7.21. The van der Waals surface area contributed by atoms with Crippen molar-refractivity contribution in [3.8, 4) is 11.4 Å². The summed E-state index contributed by atoms with van der Waals surface area (Å²) in [4.78, 5) is 8.20. The summed E-state index contributed by atoms with van der Waals surface area (Å²) in [6.07, 6.45) is 1.56. The molecule has 0 aliphatic carbocycles. The van der Waals surface area contributed by atoms with Crippen LogP contribution in [0.25, 0.3) is 11.4 Å². The predicted molar refractivity (Wildman–Crippen MR) is 64.3 cm³/mol. The molecule has 2 rings (SSSR count). The van der Waals surface area contributed by atoms with E-state index in [-0.39, 0.29) is 5.82 Å². The molecule has 0 bridgehead atoms. The molecule has 0 amide bonds. The molecule has 0 saturated carbocycles. The number of halogens is 2. The third-order valence-electron chi connectivity index (χ3n) is 2.21. The van der Waals surface area contributed by atoms with E-state index >= 15 is 0 Å². The van der Waals surface area contributed by atoms with Crippen molar-refractivity contribution in [1.82, 2.24) is 9.97 Å². The highest BCUT2D eigenvalue weighted by Crippen LogP contribution is 2.24. The van der Waals surface area contributed by atoms with Gasteiger partial charge in [0, 0.05) is 11.8 Å².